The fourth-order valence-electron chi connectivity index (χ4n) is 2.36. The van der Waals surface area contributed by atoms with Crippen LogP contribution in [0.15, 0.2) is 53.9 Å². The number of hydrogen-bond donors (Lipinski definition) is 2. The predicted molar refractivity (Wildman–Crippen MR) is 104 cm³/mol. The number of hydrogen-bond acceptors (Lipinski definition) is 4. The summed E-state index contributed by atoms with van der Waals surface area (Å²) in [5.74, 6) is -0.223. The van der Waals surface area contributed by atoms with E-state index < -0.39 is 0 Å². The van der Waals surface area contributed by atoms with Crippen molar-refractivity contribution in [2.75, 3.05) is 5.32 Å². The minimum atomic E-state index is -0.170. The lowest BCUT2D eigenvalue weighted by Gasteiger charge is -2.04. The molecule has 1 aromatic heterocycles. The molecule has 1 heterocycles. The van der Waals surface area contributed by atoms with Crippen LogP contribution in [0.3, 0.4) is 0 Å². The summed E-state index contributed by atoms with van der Waals surface area (Å²) in [6.07, 6.45) is 0. The molecule has 0 aliphatic heterocycles. The van der Waals surface area contributed by atoms with E-state index in [-0.39, 0.29) is 11.8 Å². The van der Waals surface area contributed by atoms with E-state index in [2.05, 4.69) is 15.6 Å². The molecule has 6 heteroatoms. The Morgan fingerprint density at radius 2 is 1.73 bits per heavy atom. The van der Waals surface area contributed by atoms with Crippen LogP contribution in [0.2, 0.25) is 0 Å². The first kappa shape index (κ1) is 17.8. The van der Waals surface area contributed by atoms with Crippen LogP contribution >= 0.6 is 11.3 Å². The van der Waals surface area contributed by atoms with Gasteiger partial charge in [-0.2, -0.15) is 0 Å². The largest absolute Gasteiger partial charge is 0.352 e. The van der Waals surface area contributed by atoms with Gasteiger partial charge in [-0.1, -0.05) is 42.0 Å². The van der Waals surface area contributed by atoms with Crippen LogP contribution in [-0.2, 0) is 11.3 Å². The van der Waals surface area contributed by atoms with Gasteiger partial charge in [0.25, 0.3) is 5.91 Å². The molecule has 26 heavy (non-hydrogen) atoms. The first-order valence-corrected chi connectivity index (χ1v) is 9.06. The Hall–Kier alpha value is -2.99. The third-order valence-electron chi connectivity index (χ3n) is 3.83. The van der Waals surface area contributed by atoms with Gasteiger partial charge in [-0.3, -0.25) is 14.9 Å². The Morgan fingerprint density at radius 1 is 1.04 bits per heavy atom. The first-order chi connectivity index (χ1) is 12.5. The molecule has 132 valence electrons. The lowest BCUT2D eigenvalue weighted by molar-refractivity contribution is -0.119. The van der Waals surface area contributed by atoms with E-state index in [1.807, 2.05) is 48.7 Å². The number of anilines is 1. The number of amides is 2. The van der Waals surface area contributed by atoms with E-state index in [4.69, 9.17) is 0 Å². The highest BCUT2D eigenvalue weighted by atomic mass is 32.1. The van der Waals surface area contributed by atoms with Crippen molar-refractivity contribution in [3.63, 3.8) is 0 Å². The predicted octanol–water partition coefficient (Wildman–Crippen LogP) is 4.01. The van der Waals surface area contributed by atoms with Crippen LogP contribution in [0, 0.1) is 6.92 Å². The van der Waals surface area contributed by atoms with Gasteiger partial charge in [-0.25, -0.2) is 4.98 Å². The SMILES string of the molecule is CC(=O)NCc1ccc(-c2csc(NC(=O)c3ccc(C)cc3)n2)cc1. The van der Waals surface area contributed by atoms with Crippen molar-refractivity contribution in [3.05, 3.63) is 70.6 Å². The summed E-state index contributed by atoms with van der Waals surface area (Å²) in [6.45, 7) is 3.98. The molecule has 0 aliphatic carbocycles. The van der Waals surface area contributed by atoms with Crippen LogP contribution in [0.5, 0.6) is 0 Å². The molecule has 2 N–H and O–H groups in total. The van der Waals surface area contributed by atoms with Gasteiger partial charge in [0.15, 0.2) is 5.13 Å². The third-order valence-corrected chi connectivity index (χ3v) is 4.59. The number of rotatable bonds is 5. The summed E-state index contributed by atoms with van der Waals surface area (Å²) in [6, 6.07) is 15.2. The summed E-state index contributed by atoms with van der Waals surface area (Å²) >= 11 is 1.39. The maximum absolute atomic E-state index is 12.3. The molecule has 0 aliphatic rings. The van der Waals surface area contributed by atoms with Crippen molar-refractivity contribution in [2.45, 2.75) is 20.4 Å². The number of aryl methyl sites for hydroxylation is 1. The van der Waals surface area contributed by atoms with E-state index in [9.17, 15) is 9.59 Å². The van der Waals surface area contributed by atoms with Crippen LogP contribution in [0.1, 0.15) is 28.4 Å². The molecular weight excluding hydrogens is 346 g/mol. The first-order valence-electron chi connectivity index (χ1n) is 8.18. The number of carbonyl (C=O) groups excluding carboxylic acids is 2. The highest BCUT2D eigenvalue weighted by Gasteiger charge is 2.10. The maximum Gasteiger partial charge on any atom is 0.257 e. The van der Waals surface area contributed by atoms with Gasteiger partial charge in [0.1, 0.15) is 0 Å². The van der Waals surface area contributed by atoms with E-state index in [0.717, 1.165) is 22.4 Å². The number of thiazole rings is 1. The Bertz CT molecular complexity index is 915. The normalized spacial score (nSPS) is 10.4. The van der Waals surface area contributed by atoms with Crippen LogP contribution in [0.25, 0.3) is 11.3 Å². The summed E-state index contributed by atoms with van der Waals surface area (Å²) in [5.41, 5.74) is 4.51. The van der Waals surface area contributed by atoms with E-state index >= 15 is 0 Å². The van der Waals surface area contributed by atoms with Crippen molar-refractivity contribution in [1.82, 2.24) is 10.3 Å². The van der Waals surface area contributed by atoms with Crippen molar-refractivity contribution < 1.29 is 9.59 Å². The Kier molecular flexibility index (Phi) is 5.43. The standard InChI is InChI=1S/C20H19N3O2S/c1-13-3-7-17(8-4-13)19(25)23-20-22-18(12-26-20)16-9-5-15(6-10-16)11-21-14(2)24/h3-10,12H,11H2,1-2H3,(H,21,24)(H,22,23,25). The summed E-state index contributed by atoms with van der Waals surface area (Å²) in [5, 5.41) is 8.07. The smallest absolute Gasteiger partial charge is 0.257 e. The number of aromatic nitrogens is 1. The van der Waals surface area contributed by atoms with E-state index in [1.165, 1.54) is 18.3 Å². The van der Waals surface area contributed by atoms with Gasteiger partial charge in [0.2, 0.25) is 5.91 Å². The molecule has 0 saturated heterocycles. The minimum Gasteiger partial charge on any atom is -0.352 e. The second-order valence-electron chi connectivity index (χ2n) is 5.96. The molecule has 0 bridgehead atoms. The molecule has 5 nitrogen and oxygen atoms in total. The van der Waals surface area contributed by atoms with E-state index in [1.54, 1.807) is 12.1 Å². The lowest BCUT2D eigenvalue weighted by atomic mass is 10.1. The molecule has 2 amide bonds. The number of benzene rings is 2. The second-order valence-corrected chi connectivity index (χ2v) is 6.82. The molecule has 0 fully saturated rings. The molecule has 3 rings (SSSR count). The molecular formula is C20H19N3O2S. The molecule has 0 spiro atoms. The molecule has 0 unspecified atom stereocenters. The fourth-order valence-corrected chi connectivity index (χ4v) is 3.07. The van der Waals surface area contributed by atoms with Crippen LogP contribution in [0.4, 0.5) is 5.13 Å². The second kappa shape index (κ2) is 7.93. The molecule has 0 saturated carbocycles. The van der Waals surface area contributed by atoms with Gasteiger partial charge in [-0.15, -0.1) is 11.3 Å². The summed E-state index contributed by atoms with van der Waals surface area (Å²) < 4.78 is 0. The van der Waals surface area contributed by atoms with Crippen molar-refractivity contribution >= 4 is 28.3 Å². The fraction of sp³-hybridized carbons (Fsp3) is 0.150. The third kappa shape index (κ3) is 4.55. The highest BCUT2D eigenvalue weighted by molar-refractivity contribution is 7.14. The number of carbonyl (C=O) groups is 2. The Labute approximate surface area is 156 Å². The number of nitrogens with one attached hydrogen (secondary N) is 2. The minimum absolute atomic E-state index is 0.0532. The van der Waals surface area contributed by atoms with Gasteiger partial charge >= 0.3 is 0 Å². The molecule has 2 aromatic carbocycles. The van der Waals surface area contributed by atoms with Gasteiger partial charge < -0.3 is 5.32 Å². The Morgan fingerprint density at radius 3 is 2.38 bits per heavy atom. The van der Waals surface area contributed by atoms with Gasteiger partial charge in [0.05, 0.1) is 5.69 Å². The summed E-state index contributed by atoms with van der Waals surface area (Å²) in [7, 11) is 0. The maximum atomic E-state index is 12.3. The van der Waals surface area contributed by atoms with E-state index in [0.29, 0.717) is 17.2 Å². The average molecular weight is 365 g/mol. The number of nitrogens with zero attached hydrogens (tertiary/aromatic N) is 1. The highest BCUT2D eigenvalue weighted by Crippen LogP contribution is 2.25. The molecule has 0 radical (unpaired) electrons. The lowest BCUT2D eigenvalue weighted by Crippen LogP contribution is -2.18. The quantitative estimate of drug-likeness (QED) is 0.718. The van der Waals surface area contributed by atoms with Gasteiger partial charge in [0, 0.05) is 30.0 Å². The van der Waals surface area contributed by atoms with Crippen molar-refractivity contribution in [2.24, 2.45) is 0 Å². The van der Waals surface area contributed by atoms with Crippen molar-refractivity contribution in [3.8, 4) is 11.3 Å². The average Bonchev–Trinajstić information content (AvgIpc) is 3.09. The van der Waals surface area contributed by atoms with Gasteiger partial charge in [-0.05, 0) is 24.6 Å². The molecule has 3 aromatic rings. The zero-order chi connectivity index (χ0) is 18.5. The van der Waals surface area contributed by atoms with Crippen LogP contribution < -0.4 is 10.6 Å². The molecule has 0 atom stereocenters. The zero-order valence-electron chi connectivity index (χ0n) is 14.6. The van der Waals surface area contributed by atoms with Crippen LogP contribution in [-0.4, -0.2) is 16.8 Å². The zero-order valence-corrected chi connectivity index (χ0v) is 15.4. The summed E-state index contributed by atoms with van der Waals surface area (Å²) in [4.78, 5) is 27.7. The van der Waals surface area contributed by atoms with Crippen molar-refractivity contribution in [1.29, 1.82) is 0 Å². The Balaban J connectivity index is 1.66. The monoisotopic (exact) mass is 365 g/mol. The topological polar surface area (TPSA) is 71.1 Å².